The molecule has 100 valence electrons. The maximum absolute atomic E-state index is 9.98. The number of aromatic hydroxyl groups is 1. The lowest BCUT2D eigenvalue weighted by atomic mass is 10.1. The number of rotatable bonds is 4. The maximum Gasteiger partial charge on any atom is 0.123 e. The highest BCUT2D eigenvalue weighted by Gasteiger charge is 2.07. The highest BCUT2D eigenvalue weighted by atomic mass is 35.5. The van der Waals surface area contributed by atoms with E-state index in [1.54, 1.807) is 12.1 Å². The van der Waals surface area contributed by atoms with Crippen LogP contribution < -0.4 is 5.32 Å². The van der Waals surface area contributed by atoms with Gasteiger partial charge in [-0.1, -0.05) is 29.8 Å². The standard InChI is InChI=1S/C15H16ClNO2/c1-10-6-13(16)7-12(15(10)19)8-17-14-5-3-2-4-11(14)9-18/h2-7,17-19H,8-9H2,1H3. The van der Waals surface area contributed by atoms with E-state index in [1.807, 2.05) is 31.2 Å². The number of phenols is 1. The molecule has 0 radical (unpaired) electrons. The van der Waals surface area contributed by atoms with E-state index >= 15 is 0 Å². The van der Waals surface area contributed by atoms with Crippen LogP contribution in [0.3, 0.4) is 0 Å². The molecule has 0 aromatic heterocycles. The molecule has 19 heavy (non-hydrogen) atoms. The first-order valence-corrected chi connectivity index (χ1v) is 6.40. The number of anilines is 1. The lowest BCUT2D eigenvalue weighted by molar-refractivity contribution is 0.282. The summed E-state index contributed by atoms with van der Waals surface area (Å²) in [6, 6.07) is 11.0. The van der Waals surface area contributed by atoms with Crippen molar-refractivity contribution in [3.8, 4) is 5.75 Å². The van der Waals surface area contributed by atoms with Crippen LogP contribution in [0.25, 0.3) is 0 Å². The molecule has 0 atom stereocenters. The minimum atomic E-state index is -0.0241. The predicted octanol–water partition coefficient (Wildman–Crippen LogP) is 3.46. The summed E-state index contributed by atoms with van der Waals surface area (Å²) in [5, 5.41) is 23.0. The number of aliphatic hydroxyl groups excluding tert-OH is 1. The van der Waals surface area contributed by atoms with Gasteiger partial charge in [-0.05, 0) is 30.7 Å². The van der Waals surface area contributed by atoms with Gasteiger partial charge < -0.3 is 15.5 Å². The molecule has 0 aliphatic carbocycles. The first-order chi connectivity index (χ1) is 9.11. The van der Waals surface area contributed by atoms with E-state index in [-0.39, 0.29) is 12.4 Å². The Balaban J connectivity index is 2.19. The van der Waals surface area contributed by atoms with Crippen LogP contribution in [0.2, 0.25) is 5.02 Å². The van der Waals surface area contributed by atoms with E-state index in [2.05, 4.69) is 5.32 Å². The molecular weight excluding hydrogens is 262 g/mol. The fraction of sp³-hybridized carbons (Fsp3) is 0.200. The summed E-state index contributed by atoms with van der Waals surface area (Å²) < 4.78 is 0. The number of hydrogen-bond donors (Lipinski definition) is 3. The smallest absolute Gasteiger partial charge is 0.123 e. The molecule has 2 rings (SSSR count). The minimum Gasteiger partial charge on any atom is -0.507 e. The first-order valence-electron chi connectivity index (χ1n) is 6.02. The predicted molar refractivity (Wildman–Crippen MR) is 77.5 cm³/mol. The lowest BCUT2D eigenvalue weighted by Crippen LogP contribution is -2.03. The second-order valence-electron chi connectivity index (χ2n) is 4.40. The Hall–Kier alpha value is -1.71. The van der Waals surface area contributed by atoms with Crippen LogP contribution in [0.15, 0.2) is 36.4 Å². The Bertz CT molecular complexity index is 584. The third-order valence-electron chi connectivity index (χ3n) is 3.00. The van der Waals surface area contributed by atoms with Gasteiger partial charge in [0.25, 0.3) is 0 Å². The molecule has 3 N–H and O–H groups in total. The maximum atomic E-state index is 9.98. The van der Waals surface area contributed by atoms with E-state index in [1.165, 1.54) is 0 Å². The topological polar surface area (TPSA) is 52.5 Å². The molecule has 0 aliphatic rings. The van der Waals surface area contributed by atoms with Crippen LogP contribution in [-0.4, -0.2) is 10.2 Å². The van der Waals surface area contributed by atoms with Gasteiger partial charge in [-0.15, -0.1) is 0 Å². The summed E-state index contributed by atoms with van der Waals surface area (Å²) in [6.45, 7) is 2.24. The fourth-order valence-corrected chi connectivity index (χ4v) is 2.26. The number of halogens is 1. The zero-order valence-corrected chi connectivity index (χ0v) is 11.4. The minimum absolute atomic E-state index is 0.0241. The van der Waals surface area contributed by atoms with Crippen molar-refractivity contribution in [1.29, 1.82) is 0 Å². The van der Waals surface area contributed by atoms with Gasteiger partial charge in [-0.25, -0.2) is 0 Å². The average Bonchev–Trinajstić information content (AvgIpc) is 2.41. The molecule has 2 aromatic carbocycles. The van der Waals surface area contributed by atoms with Crippen molar-refractivity contribution in [1.82, 2.24) is 0 Å². The summed E-state index contributed by atoms with van der Waals surface area (Å²) in [4.78, 5) is 0. The molecule has 0 fully saturated rings. The molecule has 2 aromatic rings. The van der Waals surface area contributed by atoms with Crippen molar-refractivity contribution in [3.05, 3.63) is 58.1 Å². The second kappa shape index (κ2) is 5.95. The largest absolute Gasteiger partial charge is 0.507 e. The van der Waals surface area contributed by atoms with Crippen molar-refractivity contribution in [2.75, 3.05) is 5.32 Å². The van der Waals surface area contributed by atoms with E-state index in [0.717, 1.165) is 22.4 Å². The SMILES string of the molecule is Cc1cc(Cl)cc(CNc2ccccc2CO)c1O. The third kappa shape index (κ3) is 3.19. The second-order valence-corrected chi connectivity index (χ2v) is 4.84. The summed E-state index contributed by atoms with van der Waals surface area (Å²) in [6.07, 6.45) is 0. The molecule has 0 bridgehead atoms. The van der Waals surface area contributed by atoms with Crippen molar-refractivity contribution in [3.63, 3.8) is 0 Å². The number of benzene rings is 2. The van der Waals surface area contributed by atoms with Gasteiger partial charge in [-0.3, -0.25) is 0 Å². The van der Waals surface area contributed by atoms with E-state index in [9.17, 15) is 10.2 Å². The zero-order chi connectivity index (χ0) is 13.8. The first kappa shape index (κ1) is 13.7. The zero-order valence-electron chi connectivity index (χ0n) is 10.7. The summed E-state index contributed by atoms with van der Waals surface area (Å²) in [5.41, 5.74) is 3.15. The Kier molecular flexibility index (Phi) is 4.30. The summed E-state index contributed by atoms with van der Waals surface area (Å²) in [5.74, 6) is 0.248. The molecule has 0 aliphatic heterocycles. The molecule has 4 heteroatoms. The Morgan fingerprint density at radius 2 is 1.89 bits per heavy atom. The van der Waals surface area contributed by atoms with Gasteiger partial charge in [0.2, 0.25) is 0 Å². The lowest BCUT2D eigenvalue weighted by Gasteiger charge is -2.13. The summed E-state index contributed by atoms with van der Waals surface area (Å²) in [7, 11) is 0. The molecule has 0 heterocycles. The third-order valence-corrected chi connectivity index (χ3v) is 3.22. The molecule has 0 spiro atoms. The number of phenolic OH excluding ortho intramolecular Hbond substituents is 1. The number of nitrogens with one attached hydrogen (secondary N) is 1. The Morgan fingerprint density at radius 1 is 1.16 bits per heavy atom. The number of aryl methyl sites for hydroxylation is 1. The van der Waals surface area contributed by atoms with Crippen molar-refractivity contribution >= 4 is 17.3 Å². The fourth-order valence-electron chi connectivity index (χ4n) is 1.96. The number of aliphatic hydroxyl groups is 1. The molecule has 0 amide bonds. The van der Waals surface area contributed by atoms with Gasteiger partial charge in [0.05, 0.1) is 6.61 Å². The Labute approximate surface area is 117 Å². The monoisotopic (exact) mass is 277 g/mol. The van der Waals surface area contributed by atoms with Crippen LogP contribution in [0.5, 0.6) is 5.75 Å². The van der Waals surface area contributed by atoms with Crippen molar-refractivity contribution in [2.24, 2.45) is 0 Å². The normalized spacial score (nSPS) is 10.5. The molecule has 0 saturated carbocycles. The summed E-state index contributed by atoms with van der Waals surface area (Å²) >= 11 is 5.98. The van der Waals surface area contributed by atoms with E-state index < -0.39 is 0 Å². The van der Waals surface area contributed by atoms with Crippen LogP contribution in [0, 0.1) is 6.92 Å². The van der Waals surface area contributed by atoms with Crippen molar-refractivity contribution in [2.45, 2.75) is 20.1 Å². The number of hydrogen-bond acceptors (Lipinski definition) is 3. The molecule has 0 saturated heterocycles. The van der Waals surface area contributed by atoms with Gasteiger partial charge in [0.1, 0.15) is 5.75 Å². The average molecular weight is 278 g/mol. The van der Waals surface area contributed by atoms with Crippen LogP contribution >= 0.6 is 11.6 Å². The Morgan fingerprint density at radius 3 is 2.63 bits per heavy atom. The van der Waals surface area contributed by atoms with Gasteiger partial charge in [-0.2, -0.15) is 0 Å². The van der Waals surface area contributed by atoms with Crippen LogP contribution in [0.1, 0.15) is 16.7 Å². The molecular formula is C15H16ClNO2. The molecule has 0 unspecified atom stereocenters. The highest BCUT2D eigenvalue weighted by molar-refractivity contribution is 6.30. The van der Waals surface area contributed by atoms with Gasteiger partial charge >= 0.3 is 0 Å². The van der Waals surface area contributed by atoms with Gasteiger partial charge in [0.15, 0.2) is 0 Å². The van der Waals surface area contributed by atoms with E-state index in [4.69, 9.17) is 11.6 Å². The van der Waals surface area contributed by atoms with Crippen LogP contribution in [0.4, 0.5) is 5.69 Å². The number of para-hydroxylation sites is 1. The quantitative estimate of drug-likeness (QED) is 0.802. The van der Waals surface area contributed by atoms with Crippen molar-refractivity contribution < 1.29 is 10.2 Å². The van der Waals surface area contributed by atoms with Crippen LogP contribution in [-0.2, 0) is 13.2 Å². The molecule has 3 nitrogen and oxygen atoms in total. The van der Waals surface area contributed by atoms with Gasteiger partial charge in [0, 0.05) is 28.4 Å². The van der Waals surface area contributed by atoms with E-state index in [0.29, 0.717) is 11.6 Å². The highest BCUT2D eigenvalue weighted by Crippen LogP contribution is 2.27.